The molecule has 0 spiro atoms. The molecule has 4 rings (SSSR count). The minimum atomic E-state index is -0.129. The molecule has 0 atom stereocenters. The highest BCUT2D eigenvalue weighted by molar-refractivity contribution is 7.22. The van der Waals surface area contributed by atoms with Crippen LogP contribution in [0.1, 0.15) is 28.1 Å². The average Bonchev–Trinajstić information content (AvgIpc) is 3.35. The standard InChI is InChI=1S/C21H25N3O3S/c1-15-13-16(2)19-17(14-15)22-21(28-19)24(20(25)18-5-3-10-27-18)7-4-6-23-8-11-26-12-9-23/h3,5,10,13-14H,4,6-9,11-12H2,1-2H3/p+1. The zero-order chi connectivity index (χ0) is 19.5. The number of carbonyl (C=O) groups is 1. The number of ether oxygens (including phenoxy) is 1. The van der Waals surface area contributed by atoms with E-state index in [0.29, 0.717) is 12.3 Å². The molecule has 148 valence electrons. The predicted octanol–water partition coefficient (Wildman–Crippen LogP) is 2.46. The largest absolute Gasteiger partial charge is 0.459 e. The number of carbonyl (C=O) groups excluding carboxylic acids is 1. The van der Waals surface area contributed by atoms with Crippen LogP contribution >= 0.6 is 11.3 Å². The highest BCUT2D eigenvalue weighted by Gasteiger charge is 2.24. The molecule has 3 aromatic rings. The lowest BCUT2D eigenvalue weighted by atomic mass is 10.1. The molecule has 1 aliphatic heterocycles. The highest BCUT2D eigenvalue weighted by Crippen LogP contribution is 2.32. The van der Waals surface area contributed by atoms with Crippen molar-refractivity contribution < 1.29 is 18.8 Å². The van der Waals surface area contributed by atoms with Crippen LogP contribution in [0.15, 0.2) is 34.9 Å². The van der Waals surface area contributed by atoms with Gasteiger partial charge in [-0.15, -0.1) is 0 Å². The van der Waals surface area contributed by atoms with Gasteiger partial charge in [0.25, 0.3) is 5.91 Å². The number of fused-ring (bicyclic) bond motifs is 1. The molecule has 1 amide bonds. The van der Waals surface area contributed by atoms with Gasteiger partial charge in [0, 0.05) is 13.0 Å². The summed E-state index contributed by atoms with van der Waals surface area (Å²) in [6.07, 6.45) is 2.45. The Hall–Kier alpha value is -2.22. The molecule has 3 heterocycles. The number of benzene rings is 1. The Morgan fingerprint density at radius 1 is 1.29 bits per heavy atom. The van der Waals surface area contributed by atoms with Crippen LogP contribution in [-0.2, 0) is 4.74 Å². The molecule has 0 radical (unpaired) electrons. The highest BCUT2D eigenvalue weighted by atomic mass is 32.1. The van der Waals surface area contributed by atoms with Gasteiger partial charge in [-0.25, -0.2) is 4.98 Å². The normalized spacial score (nSPS) is 15.2. The Morgan fingerprint density at radius 3 is 2.86 bits per heavy atom. The van der Waals surface area contributed by atoms with Gasteiger partial charge >= 0.3 is 0 Å². The summed E-state index contributed by atoms with van der Waals surface area (Å²) < 4.78 is 11.9. The van der Waals surface area contributed by atoms with Crippen LogP contribution in [0.2, 0.25) is 0 Å². The van der Waals surface area contributed by atoms with Crippen molar-refractivity contribution in [3.8, 4) is 0 Å². The number of anilines is 1. The molecule has 2 aromatic heterocycles. The van der Waals surface area contributed by atoms with Crippen LogP contribution in [0.25, 0.3) is 10.2 Å². The molecule has 28 heavy (non-hydrogen) atoms. The number of aryl methyl sites for hydroxylation is 2. The lowest BCUT2D eigenvalue weighted by Gasteiger charge is -2.25. The van der Waals surface area contributed by atoms with E-state index in [0.717, 1.165) is 54.6 Å². The molecule has 1 N–H and O–H groups in total. The number of hydrogen-bond donors (Lipinski definition) is 1. The molecular formula is C21H26N3O3S+. The molecule has 0 unspecified atom stereocenters. The SMILES string of the molecule is Cc1cc(C)c2sc(N(CCC[NH+]3CCOCC3)C(=O)c3ccco3)nc2c1. The molecule has 7 heteroatoms. The summed E-state index contributed by atoms with van der Waals surface area (Å²) in [6.45, 7) is 9.52. The number of nitrogens with zero attached hydrogens (tertiary/aromatic N) is 2. The van der Waals surface area contributed by atoms with Gasteiger partial charge < -0.3 is 14.1 Å². The molecule has 1 saturated heterocycles. The van der Waals surface area contributed by atoms with Gasteiger partial charge in [-0.2, -0.15) is 0 Å². The molecule has 0 aliphatic carbocycles. The lowest BCUT2D eigenvalue weighted by Crippen LogP contribution is -3.14. The zero-order valence-electron chi connectivity index (χ0n) is 16.4. The maximum absolute atomic E-state index is 13.1. The number of furan rings is 1. The molecule has 6 nitrogen and oxygen atoms in total. The number of quaternary nitrogens is 1. The second-order valence-corrected chi connectivity index (χ2v) is 8.30. The Labute approximate surface area is 168 Å². The molecule has 1 aliphatic rings. The fourth-order valence-corrected chi connectivity index (χ4v) is 4.73. The fourth-order valence-electron chi connectivity index (χ4n) is 3.69. The summed E-state index contributed by atoms with van der Waals surface area (Å²) in [4.78, 5) is 21.2. The number of nitrogens with one attached hydrogen (secondary N) is 1. The number of hydrogen-bond acceptors (Lipinski definition) is 5. The maximum Gasteiger partial charge on any atom is 0.295 e. The Kier molecular flexibility index (Phi) is 5.75. The van der Waals surface area contributed by atoms with Gasteiger partial charge in [-0.3, -0.25) is 9.69 Å². The number of morpholine rings is 1. The van der Waals surface area contributed by atoms with Crippen molar-refractivity contribution >= 4 is 32.6 Å². The minimum absolute atomic E-state index is 0.129. The summed E-state index contributed by atoms with van der Waals surface area (Å²) in [7, 11) is 0. The third kappa shape index (κ3) is 4.11. The first-order valence-electron chi connectivity index (χ1n) is 9.76. The van der Waals surface area contributed by atoms with Gasteiger partial charge in [-0.05, 0) is 43.2 Å². The van der Waals surface area contributed by atoms with Crippen LogP contribution in [0.3, 0.4) is 0 Å². The smallest absolute Gasteiger partial charge is 0.295 e. The van der Waals surface area contributed by atoms with E-state index < -0.39 is 0 Å². The van der Waals surface area contributed by atoms with Crippen LogP contribution in [-0.4, -0.2) is 50.3 Å². The summed E-state index contributed by atoms with van der Waals surface area (Å²) >= 11 is 1.58. The second kappa shape index (κ2) is 8.43. The van der Waals surface area contributed by atoms with Crippen molar-refractivity contribution in [2.75, 3.05) is 44.3 Å². The molecule has 0 bridgehead atoms. The zero-order valence-corrected chi connectivity index (χ0v) is 17.2. The summed E-state index contributed by atoms with van der Waals surface area (Å²) in [5.74, 6) is 0.223. The van der Waals surface area contributed by atoms with Crippen molar-refractivity contribution in [2.24, 2.45) is 0 Å². The number of amides is 1. The number of aromatic nitrogens is 1. The van der Waals surface area contributed by atoms with Crippen LogP contribution < -0.4 is 9.80 Å². The van der Waals surface area contributed by atoms with Crippen molar-refractivity contribution in [1.29, 1.82) is 0 Å². The third-order valence-corrected chi connectivity index (χ3v) is 6.36. The van der Waals surface area contributed by atoms with E-state index in [4.69, 9.17) is 14.1 Å². The third-order valence-electron chi connectivity index (χ3n) is 5.13. The van der Waals surface area contributed by atoms with Crippen molar-refractivity contribution in [3.05, 3.63) is 47.4 Å². The predicted molar refractivity (Wildman–Crippen MR) is 110 cm³/mol. The summed E-state index contributed by atoms with van der Waals surface area (Å²) in [6, 6.07) is 7.70. The molecular weight excluding hydrogens is 374 g/mol. The van der Waals surface area contributed by atoms with E-state index in [2.05, 4.69) is 26.0 Å². The van der Waals surface area contributed by atoms with Crippen LogP contribution in [0, 0.1) is 13.8 Å². The lowest BCUT2D eigenvalue weighted by molar-refractivity contribution is -0.908. The quantitative estimate of drug-likeness (QED) is 0.691. The van der Waals surface area contributed by atoms with Gasteiger partial charge in [0.2, 0.25) is 0 Å². The molecule has 1 fully saturated rings. The molecule has 0 saturated carbocycles. The number of thiazole rings is 1. The monoisotopic (exact) mass is 400 g/mol. The van der Waals surface area contributed by atoms with E-state index in [-0.39, 0.29) is 5.91 Å². The molecule has 1 aromatic carbocycles. The summed E-state index contributed by atoms with van der Waals surface area (Å²) in [5, 5.41) is 0.738. The van der Waals surface area contributed by atoms with E-state index >= 15 is 0 Å². The van der Waals surface area contributed by atoms with Crippen molar-refractivity contribution in [3.63, 3.8) is 0 Å². The maximum atomic E-state index is 13.1. The summed E-state index contributed by atoms with van der Waals surface area (Å²) in [5.41, 5.74) is 3.33. The Balaban J connectivity index is 1.57. The van der Waals surface area contributed by atoms with Crippen LogP contribution in [0.5, 0.6) is 0 Å². The van der Waals surface area contributed by atoms with E-state index in [9.17, 15) is 4.79 Å². The van der Waals surface area contributed by atoms with Gasteiger partial charge in [0.15, 0.2) is 10.9 Å². The minimum Gasteiger partial charge on any atom is -0.459 e. The number of rotatable bonds is 6. The fraction of sp³-hybridized carbons (Fsp3) is 0.429. The van der Waals surface area contributed by atoms with Gasteiger partial charge in [-0.1, -0.05) is 17.4 Å². The Bertz CT molecular complexity index is 945. The second-order valence-electron chi connectivity index (χ2n) is 7.33. The van der Waals surface area contributed by atoms with E-state index in [1.165, 1.54) is 22.3 Å². The van der Waals surface area contributed by atoms with Gasteiger partial charge in [0.05, 0.1) is 36.2 Å². The first-order chi connectivity index (χ1) is 13.6. The van der Waals surface area contributed by atoms with E-state index in [1.807, 2.05) is 0 Å². The first-order valence-corrected chi connectivity index (χ1v) is 10.6. The van der Waals surface area contributed by atoms with Gasteiger partial charge in [0.1, 0.15) is 13.1 Å². The Morgan fingerprint density at radius 2 is 2.11 bits per heavy atom. The van der Waals surface area contributed by atoms with Crippen LogP contribution in [0.4, 0.5) is 5.13 Å². The topological polar surface area (TPSA) is 60.0 Å². The van der Waals surface area contributed by atoms with Crippen molar-refractivity contribution in [2.45, 2.75) is 20.3 Å². The van der Waals surface area contributed by atoms with Crippen molar-refractivity contribution in [1.82, 2.24) is 4.98 Å². The van der Waals surface area contributed by atoms with E-state index in [1.54, 1.807) is 28.4 Å². The average molecular weight is 401 g/mol. The first kappa shape index (κ1) is 19.1.